The number of aromatic nitrogens is 3. The van der Waals surface area contributed by atoms with Crippen molar-refractivity contribution in [2.24, 2.45) is 0 Å². The molecule has 7 nitrogen and oxygen atoms in total. The highest BCUT2D eigenvalue weighted by atomic mass is 16.2. The molecule has 2 aromatic heterocycles. The lowest BCUT2D eigenvalue weighted by Crippen LogP contribution is -2.34. The van der Waals surface area contributed by atoms with Gasteiger partial charge >= 0.3 is 0 Å². The Morgan fingerprint density at radius 3 is 2.50 bits per heavy atom. The van der Waals surface area contributed by atoms with Crippen molar-refractivity contribution in [3.63, 3.8) is 0 Å². The molecule has 0 saturated carbocycles. The van der Waals surface area contributed by atoms with Gasteiger partial charge in [-0.3, -0.25) is 9.59 Å². The van der Waals surface area contributed by atoms with Crippen LogP contribution in [0.5, 0.6) is 0 Å². The first kappa shape index (κ1) is 19.5. The second-order valence-corrected chi connectivity index (χ2v) is 6.79. The lowest BCUT2D eigenvalue weighted by molar-refractivity contribution is -0.121. The van der Waals surface area contributed by atoms with Crippen LogP contribution < -0.4 is 10.6 Å². The van der Waals surface area contributed by atoms with Crippen LogP contribution in [0.1, 0.15) is 39.4 Å². The van der Waals surface area contributed by atoms with Crippen molar-refractivity contribution in [2.45, 2.75) is 33.6 Å². The van der Waals surface area contributed by atoms with E-state index >= 15 is 0 Å². The van der Waals surface area contributed by atoms with Gasteiger partial charge in [0.05, 0.1) is 5.69 Å². The Hall–Kier alpha value is -3.22. The van der Waals surface area contributed by atoms with Gasteiger partial charge in [0, 0.05) is 42.5 Å². The first-order chi connectivity index (χ1) is 13.5. The molecule has 3 aromatic rings. The molecule has 0 fully saturated rings. The summed E-state index contributed by atoms with van der Waals surface area (Å²) in [7, 11) is 0. The Bertz CT molecular complexity index is 995. The molecule has 28 heavy (non-hydrogen) atoms. The summed E-state index contributed by atoms with van der Waals surface area (Å²) >= 11 is 0. The molecule has 0 aliphatic rings. The van der Waals surface area contributed by atoms with E-state index < -0.39 is 0 Å². The van der Waals surface area contributed by atoms with E-state index in [0.29, 0.717) is 31.5 Å². The SMILES string of the molecule is Cc1cc2nc(C)c(CCC(=O)NCCNC(=O)c3ccccc3)c(C)n2n1. The average Bonchev–Trinajstić information content (AvgIpc) is 3.06. The summed E-state index contributed by atoms with van der Waals surface area (Å²) in [6.07, 6.45) is 0.962. The van der Waals surface area contributed by atoms with E-state index in [9.17, 15) is 9.59 Å². The van der Waals surface area contributed by atoms with Crippen LogP contribution in [0.15, 0.2) is 36.4 Å². The number of hydrogen-bond donors (Lipinski definition) is 2. The van der Waals surface area contributed by atoms with Crippen LogP contribution in [0.2, 0.25) is 0 Å². The maximum atomic E-state index is 12.2. The van der Waals surface area contributed by atoms with Crippen molar-refractivity contribution >= 4 is 17.5 Å². The Balaban J connectivity index is 1.47. The van der Waals surface area contributed by atoms with Gasteiger partial charge < -0.3 is 10.6 Å². The first-order valence-corrected chi connectivity index (χ1v) is 9.38. The maximum Gasteiger partial charge on any atom is 0.251 e. The van der Waals surface area contributed by atoms with Gasteiger partial charge in [0.15, 0.2) is 5.65 Å². The lowest BCUT2D eigenvalue weighted by Gasteiger charge is -2.11. The number of benzene rings is 1. The monoisotopic (exact) mass is 379 g/mol. The van der Waals surface area contributed by atoms with Gasteiger partial charge in [0.2, 0.25) is 5.91 Å². The van der Waals surface area contributed by atoms with E-state index in [1.807, 2.05) is 49.6 Å². The van der Waals surface area contributed by atoms with Gasteiger partial charge in [-0.05, 0) is 44.9 Å². The molecule has 0 unspecified atom stereocenters. The van der Waals surface area contributed by atoms with Crippen LogP contribution in [-0.2, 0) is 11.2 Å². The fourth-order valence-electron chi connectivity index (χ4n) is 3.20. The molecule has 7 heteroatoms. The normalized spacial score (nSPS) is 10.8. The van der Waals surface area contributed by atoms with Crippen molar-refractivity contribution < 1.29 is 9.59 Å². The largest absolute Gasteiger partial charge is 0.354 e. The highest BCUT2D eigenvalue weighted by Gasteiger charge is 2.13. The Morgan fingerprint density at radius 1 is 1.04 bits per heavy atom. The zero-order valence-corrected chi connectivity index (χ0v) is 16.5. The van der Waals surface area contributed by atoms with Crippen molar-refractivity contribution in [3.8, 4) is 0 Å². The third-order valence-corrected chi connectivity index (χ3v) is 4.66. The molecular weight excluding hydrogens is 354 g/mol. The van der Waals surface area contributed by atoms with E-state index in [-0.39, 0.29) is 11.8 Å². The summed E-state index contributed by atoms with van der Waals surface area (Å²) in [4.78, 5) is 28.7. The van der Waals surface area contributed by atoms with Crippen LogP contribution in [0, 0.1) is 20.8 Å². The van der Waals surface area contributed by atoms with Crippen LogP contribution in [0.4, 0.5) is 0 Å². The number of carbonyl (C=O) groups excluding carboxylic acids is 2. The van der Waals surface area contributed by atoms with Gasteiger partial charge in [0.1, 0.15) is 0 Å². The van der Waals surface area contributed by atoms with E-state index in [1.54, 1.807) is 12.1 Å². The number of hydrogen-bond acceptors (Lipinski definition) is 4. The number of rotatable bonds is 7. The standard InChI is InChI=1S/C21H25N5O2/c1-14-13-19-24-15(2)18(16(3)26(19)25-14)9-10-20(27)22-11-12-23-21(28)17-7-5-4-6-8-17/h4-8,13H,9-12H2,1-3H3,(H,22,27)(H,23,28). The molecule has 0 atom stereocenters. The summed E-state index contributed by atoms with van der Waals surface area (Å²) in [6.45, 7) is 6.68. The van der Waals surface area contributed by atoms with Gasteiger partial charge in [0.25, 0.3) is 5.91 Å². The Kier molecular flexibility index (Phi) is 6.03. The minimum absolute atomic E-state index is 0.0514. The Labute approximate surface area is 164 Å². The molecule has 2 N–H and O–H groups in total. The summed E-state index contributed by atoms with van der Waals surface area (Å²) in [5, 5.41) is 10.1. The quantitative estimate of drug-likeness (QED) is 0.616. The molecule has 0 saturated heterocycles. The van der Waals surface area contributed by atoms with Crippen LogP contribution in [0.25, 0.3) is 5.65 Å². The molecule has 2 heterocycles. The molecule has 0 bridgehead atoms. The zero-order valence-electron chi connectivity index (χ0n) is 16.5. The molecular formula is C21H25N5O2. The van der Waals surface area contributed by atoms with Crippen LogP contribution in [-0.4, -0.2) is 39.5 Å². The summed E-state index contributed by atoms with van der Waals surface area (Å²) in [5.41, 5.74) is 5.34. The molecule has 0 spiro atoms. The first-order valence-electron chi connectivity index (χ1n) is 9.38. The van der Waals surface area contributed by atoms with E-state index in [4.69, 9.17) is 0 Å². The number of nitrogens with zero attached hydrogens (tertiary/aromatic N) is 3. The minimum Gasteiger partial charge on any atom is -0.354 e. The van der Waals surface area contributed by atoms with Gasteiger partial charge in [-0.25, -0.2) is 9.50 Å². The molecule has 146 valence electrons. The summed E-state index contributed by atoms with van der Waals surface area (Å²) < 4.78 is 1.83. The molecule has 0 aliphatic heterocycles. The van der Waals surface area contributed by atoms with Gasteiger partial charge in [-0.1, -0.05) is 18.2 Å². The number of nitrogens with one attached hydrogen (secondary N) is 2. The molecule has 1 aromatic carbocycles. The van der Waals surface area contributed by atoms with Gasteiger partial charge in [-0.2, -0.15) is 5.10 Å². The second-order valence-electron chi connectivity index (χ2n) is 6.79. The van der Waals surface area contributed by atoms with E-state index in [2.05, 4.69) is 20.7 Å². The molecule has 0 aliphatic carbocycles. The minimum atomic E-state index is -0.144. The average molecular weight is 379 g/mol. The number of carbonyl (C=O) groups is 2. The van der Waals surface area contributed by atoms with Crippen molar-refractivity contribution in [1.82, 2.24) is 25.2 Å². The molecule has 0 radical (unpaired) electrons. The molecule has 3 rings (SSSR count). The van der Waals surface area contributed by atoms with Crippen LogP contribution in [0.3, 0.4) is 0 Å². The maximum absolute atomic E-state index is 12.2. The predicted octanol–water partition coefficient (Wildman–Crippen LogP) is 2.13. The fourth-order valence-corrected chi connectivity index (χ4v) is 3.20. The van der Waals surface area contributed by atoms with Crippen molar-refractivity contribution in [1.29, 1.82) is 0 Å². The molecule has 2 amide bonds. The number of aryl methyl sites for hydroxylation is 3. The highest BCUT2D eigenvalue weighted by Crippen LogP contribution is 2.16. The van der Waals surface area contributed by atoms with E-state index in [0.717, 1.165) is 28.3 Å². The second kappa shape index (κ2) is 8.65. The third-order valence-electron chi connectivity index (χ3n) is 4.66. The topological polar surface area (TPSA) is 88.4 Å². The predicted molar refractivity (Wildman–Crippen MR) is 107 cm³/mol. The van der Waals surface area contributed by atoms with Crippen molar-refractivity contribution in [2.75, 3.05) is 13.1 Å². The highest BCUT2D eigenvalue weighted by molar-refractivity contribution is 5.94. The third kappa shape index (κ3) is 4.54. The lowest BCUT2D eigenvalue weighted by atomic mass is 10.1. The number of amides is 2. The fraction of sp³-hybridized carbons (Fsp3) is 0.333. The summed E-state index contributed by atoms with van der Waals surface area (Å²) in [5.74, 6) is -0.195. The Morgan fingerprint density at radius 2 is 1.75 bits per heavy atom. The smallest absolute Gasteiger partial charge is 0.251 e. The van der Waals surface area contributed by atoms with Crippen LogP contribution >= 0.6 is 0 Å². The summed E-state index contributed by atoms with van der Waals surface area (Å²) in [6, 6.07) is 10.9. The number of fused-ring (bicyclic) bond motifs is 1. The van der Waals surface area contributed by atoms with Crippen molar-refractivity contribution in [3.05, 3.63) is 64.6 Å². The van der Waals surface area contributed by atoms with E-state index in [1.165, 1.54) is 0 Å². The zero-order chi connectivity index (χ0) is 20.1. The van der Waals surface area contributed by atoms with Gasteiger partial charge in [-0.15, -0.1) is 0 Å².